The molecule has 6 amide bonds. The minimum Gasteiger partial charge on any atom is -0.444 e. The third-order valence-electron chi connectivity index (χ3n) is 10.4. The number of hydrogen-bond acceptors (Lipinski definition) is 8. The molecule has 2 aliphatic rings. The second-order valence-corrected chi connectivity index (χ2v) is 15.8. The number of amides is 6. The lowest BCUT2D eigenvalue weighted by Gasteiger charge is -2.35. The Hall–Kier alpha value is -5.61. The SMILES string of the molecule is Cn1c(=O)n(C2CCC(=O)NC2=O)c2cccc(CCCC3CCN(C(=O)C(Cc4ccc(F)c(F)c4)NC(=O)C(CCC(N)=O)NC(=O)OC(C)(C)C)CC3)c21. The molecular weight excluding hydrogens is 744 g/mol. The number of ether oxygens (including phenoxy) is 1. The number of hydrogen-bond donors (Lipinski definition) is 4. The molecule has 17 heteroatoms. The Bertz CT molecular complexity index is 2080. The number of piperidine rings is 2. The number of para-hydroxylation sites is 1. The van der Waals surface area contributed by atoms with E-state index in [1.54, 1.807) is 43.4 Å². The van der Waals surface area contributed by atoms with Crippen LogP contribution in [0.2, 0.25) is 0 Å². The number of rotatable bonds is 14. The van der Waals surface area contributed by atoms with Gasteiger partial charge in [0.25, 0.3) is 0 Å². The molecule has 0 saturated carbocycles. The van der Waals surface area contributed by atoms with Crippen molar-refractivity contribution in [2.45, 2.75) is 109 Å². The quantitative estimate of drug-likeness (QED) is 0.178. The summed E-state index contributed by atoms with van der Waals surface area (Å²) in [6.45, 7) is 5.69. The molecule has 0 spiro atoms. The summed E-state index contributed by atoms with van der Waals surface area (Å²) in [6, 6.07) is 5.56. The van der Waals surface area contributed by atoms with Gasteiger partial charge < -0.3 is 26.0 Å². The lowest BCUT2D eigenvalue weighted by molar-refractivity contribution is -0.138. The first kappa shape index (κ1) is 42.5. The van der Waals surface area contributed by atoms with E-state index >= 15 is 0 Å². The molecule has 2 aromatic carbocycles. The molecule has 3 unspecified atom stereocenters. The monoisotopic (exact) mass is 795 g/mol. The molecule has 308 valence electrons. The zero-order chi connectivity index (χ0) is 41.6. The molecule has 3 heterocycles. The van der Waals surface area contributed by atoms with Crippen molar-refractivity contribution in [2.75, 3.05) is 13.1 Å². The van der Waals surface area contributed by atoms with Crippen LogP contribution in [0.4, 0.5) is 13.6 Å². The number of benzene rings is 2. The number of carbonyl (C=O) groups excluding carboxylic acids is 6. The molecule has 0 aliphatic carbocycles. The minimum atomic E-state index is -1.29. The Morgan fingerprint density at radius 3 is 2.35 bits per heavy atom. The van der Waals surface area contributed by atoms with Crippen molar-refractivity contribution in [1.82, 2.24) is 30.0 Å². The first-order chi connectivity index (χ1) is 26.9. The van der Waals surface area contributed by atoms with Crippen LogP contribution >= 0.6 is 0 Å². The van der Waals surface area contributed by atoms with Gasteiger partial charge in [0.05, 0.1) is 11.0 Å². The highest BCUT2D eigenvalue weighted by Crippen LogP contribution is 2.28. The summed E-state index contributed by atoms with van der Waals surface area (Å²) in [5.41, 5.74) is 6.68. The number of alkyl carbamates (subject to hydrolysis) is 1. The Morgan fingerprint density at radius 1 is 0.982 bits per heavy atom. The van der Waals surface area contributed by atoms with Gasteiger partial charge in [0, 0.05) is 39.4 Å². The Balaban J connectivity index is 1.23. The number of halogens is 2. The number of likely N-dealkylation sites (tertiary alicyclic amines) is 1. The fourth-order valence-electron chi connectivity index (χ4n) is 7.57. The summed E-state index contributed by atoms with van der Waals surface area (Å²) in [5, 5.41) is 7.44. The zero-order valence-corrected chi connectivity index (χ0v) is 32.7. The van der Waals surface area contributed by atoms with E-state index in [0.717, 1.165) is 36.1 Å². The minimum absolute atomic E-state index is 0.152. The van der Waals surface area contributed by atoms with Gasteiger partial charge in [-0.15, -0.1) is 0 Å². The standard InChI is InChI=1S/C40H51F2N7O8/c1-40(2,3)57-38(55)45-28(13-15-32(43)50)35(52)44-29(22-24-11-12-26(41)27(42)21-24)37(54)48-19-17-23(18-20-48)7-5-8-25-9-6-10-30-34(25)47(4)39(56)49(30)31-14-16-33(51)46-36(31)53/h6,9-12,21,23,28-29,31H,5,7-8,13-20,22H2,1-4H3,(H2,43,50)(H,44,52)(H,45,55)(H,46,51,53). The van der Waals surface area contributed by atoms with E-state index < -0.39 is 65.1 Å². The second-order valence-electron chi connectivity index (χ2n) is 15.8. The number of nitrogens with zero attached hydrogens (tertiary/aromatic N) is 3. The van der Waals surface area contributed by atoms with Gasteiger partial charge in [-0.3, -0.25) is 38.4 Å². The van der Waals surface area contributed by atoms with Crippen molar-refractivity contribution in [3.63, 3.8) is 0 Å². The number of imidazole rings is 1. The highest BCUT2D eigenvalue weighted by atomic mass is 19.2. The number of nitrogens with one attached hydrogen (secondary N) is 3. The molecular formula is C40H51F2N7O8. The van der Waals surface area contributed by atoms with Crippen molar-refractivity contribution in [3.05, 3.63) is 69.6 Å². The molecule has 0 bridgehead atoms. The van der Waals surface area contributed by atoms with Crippen molar-refractivity contribution in [2.24, 2.45) is 18.7 Å². The number of aryl methyl sites for hydroxylation is 2. The van der Waals surface area contributed by atoms with Crippen LogP contribution in [0.15, 0.2) is 41.2 Å². The first-order valence-corrected chi connectivity index (χ1v) is 19.2. The number of fused-ring (bicyclic) bond motifs is 1. The normalized spacial score (nSPS) is 17.5. The molecule has 2 fully saturated rings. The van der Waals surface area contributed by atoms with E-state index in [2.05, 4.69) is 16.0 Å². The predicted octanol–water partition coefficient (Wildman–Crippen LogP) is 3.04. The van der Waals surface area contributed by atoms with Crippen LogP contribution in [0.25, 0.3) is 11.0 Å². The van der Waals surface area contributed by atoms with Gasteiger partial charge in [-0.05, 0) is 101 Å². The Morgan fingerprint density at radius 2 is 1.70 bits per heavy atom. The van der Waals surface area contributed by atoms with Gasteiger partial charge in [0.1, 0.15) is 23.7 Å². The van der Waals surface area contributed by atoms with Crippen molar-refractivity contribution < 1.29 is 42.3 Å². The highest BCUT2D eigenvalue weighted by molar-refractivity contribution is 6.00. The fourth-order valence-corrected chi connectivity index (χ4v) is 7.57. The smallest absolute Gasteiger partial charge is 0.408 e. The highest BCUT2D eigenvalue weighted by Gasteiger charge is 2.34. The van der Waals surface area contributed by atoms with E-state index in [1.165, 1.54) is 10.6 Å². The Kier molecular flexibility index (Phi) is 13.5. The summed E-state index contributed by atoms with van der Waals surface area (Å²) in [7, 11) is 1.67. The fraction of sp³-hybridized carbons (Fsp3) is 0.525. The van der Waals surface area contributed by atoms with Gasteiger partial charge in [0.15, 0.2) is 11.6 Å². The van der Waals surface area contributed by atoms with Gasteiger partial charge in [-0.2, -0.15) is 0 Å². The van der Waals surface area contributed by atoms with Gasteiger partial charge >= 0.3 is 11.8 Å². The molecule has 0 radical (unpaired) electrons. The van der Waals surface area contributed by atoms with E-state index in [4.69, 9.17) is 10.5 Å². The number of aromatic nitrogens is 2. The van der Waals surface area contributed by atoms with Crippen molar-refractivity contribution in [3.8, 4) is 0 Å². The number of nitrogens with two attached hydrogens (primary N) is 1. The maximum Gasteiger partial charge on any atom is 0.408 e. The van der Waals surface area contributed by atoms with Crippen LogP contribution in [0.5, 0.6) is 0 Å². The van der Waals surface area contributed by atoms with E-state index in [0.29, 0.717) is 37.9 Å². The molecule has 5 N–H and O–H groups in total. The van der Waals surface area contributed by atoms with Crippen molar-refractivity contribution in [1.29, 1.82) is 0 Å². The average molecular weight is 796 g/mol. The van der Waals surface area contributed by atoms with E-state index in [1.807, 2.05) is 12.1 Å². The van der Waals surface area contributed by atoms with Crippen LogP contribution in [0.1, 0.15) is 89.3 Å². The lowest BCUT2D eigenvalue weighted by atomic mass is 9.90. The second kappa shape index (κ2) is 18.1. The van der Waals surface area contributed by atoms with E-state index in [9.17, 15) is 42.3 Å². The topological polar surface area (TPSA) is 204 Å². The van der Waals surface area contributed by atoms with Crippen LogP contribution in [-0.4, -0.2) is 80.4 Å². The number of carbonyl (C=O) groups is 6. The molecule has 1 aromatic heterocycles. The molecule has 3 atom stereocenters. The maximum absolute atomic E-state index is 14.2. The zero-order valence-electron chi connectivity index (χ0n) is 32.7. The molecule has 57 heavy (non-hydrogen) atoms. The molecule has 2 saturated heterocycles. The molecule has 15 nitrogen and oxygen atoms in total. The number of primary amides is 1. The van der Waals surface area contributed by atoms with E-state index in [-0.39, 0.29) is 55.2 Å². The summed E-state index contributed by atoms with van der Waals surface area (Å²) >= 11 is 0. The molecule has 2 aliphatic heterocycles. The average Bonchev–Trinajstić information content (AvgIpc) is 3.39. The largest absolute Gasteiger partial charge is 0.444 e. The maximum atomic E-state index is 14.2. The summed E-state index contributed by atoms with van der Waals surface area (Å²) in [5.74, 6) is -4.67. The summed E-state index contributed by atoms with van der Waals surface area (Å²) in [6.07, 6.45) is 2.55. The van der Waals surface area contributed by atoms with Crippen LogP contribution in [0, 0.1) is 17.6 Å². The van der Waals surface area contributed by atoms with Gasteiger partial charge in [-0.1, -0.05) is 18.2 Å². The van der Waals surface area contributed by atoms with Crippen LogP contribution < -0.4 is 27.4 Å². The summed E-state index contributed by atoms with van der Waals surface area (Å²) in [4.78, 5) is 91.1. The summed E-state index contributed by atoms with van der Waals surface area (Å²) < 4.78 is 36.3. The third-order valence-corrected chi connectivity index (χ3v) is 10.4. The van der Waals surface area contributed by atoms with Gasteiger partial charge in [-0.25, -0.2) is 18.4 Å². The lowest BCUT2D eigenvalue weighted by Crippen LogP contribution is -2.56. The predicted molar refractivity (Wildman–Crippen MR) is 204 cm³/mol. The third kappa shape index (κ3) is 10.8. The molecule has 5 rings (SSSR count). The first-order valence-electron chi connectivity index (χ1n) is 19.2. The van der Waals surface area contributed by atoms with Crippen LogP contribution in [-0.2, 0) is 48.6 Å². The van der Waals surface area contributed by atoms with Crippen molar-refractivity contribution >= 4 is 46.7 Å². The van der Waals surface area contributed by atoms with Gasteiger partial charge in [0.2, 0.25) is 29.5 Å². The Labute approximate surface area is 328 Å². The number of imide groups is 1. The van der Waals surface area contributed by atoms with Crippen LogP contribution in [0.3, 0.4) is 0 Å². The molecule has 3 aromatic rings.